The summed E-state index contributed by atoms with van der Waals surface area (Å²) in [7, 11) is 0. The maximum atomic E-state index is 11.5. The zero-order valence-corrected chi connectivity index (χ0v) is 9.82. The molecule has 0 spiro atoms. The number of carboxylic acid groups (broad SMARTS) is 1. The molecule has 1 aliphatic carbocycles. The van der Waals surface area contributed by atoms with E-state index < -0.39 is 5.97 Å². The van der Waals surface area contributed by atoms with Gasteiger partial charge in [0.25, 0.3) is 0 Å². The lowest BCUT2D eigenvalue weighted by Gasteiger charge is -2.16. The average Bonchev–Trinajstić information content (AvgIpc) is 2.65. The number of carboxylic acids is 1. The Morgan fingerprint density at radius 1 is 1.44 bits per heavy atom. The Kier molecular flexibility index (Phi) is 4.58. The van der Waals surface area contributed by atoms with Gasteiger partial charge < -0.3 is 15.7 Å². The zero-order valence-electron chi connectivity index (χ0n) is 9.82. The van der Waals surface area contributed by atoms with E-state index in [-0.39, 0.29) is 24.0 Å². The summed E-state index contributed by atoms with van der Waals surface area (Å²) in [6, 6.07) is -0.0350. The van der Waals surface area contributed by atoms with Crippen molar-refractivity contribution in [2.24, 2.45) is 5.92 Å². The van der Waals surface area contributed by atoms with E-state index in [0.717, 1.165) is 12.8 Å². The summed E-state index contributed by atoms with van der Waals surface area (Å²) in [5.41, 5.74) is 0. The van der Waals surface area contributed by atoms with Crippen LogP contribution in [0.2, 0.25) is 0 Å². The molecule has 5 heteroatoms. The van der Waals surface area contributed by atoms with E-state index in [4.69, 9.17) is 5.11 Å². The Bertz CT molecular complexity index is 268. The van der Waals surface area contributed by atoms with Crippen LogP contribution in [0, 0.1) is 5.92 Å². The van der Waals surface area contributed by atoms with Crippen LogP contribution in [0.1, 0.15) is 39.5 Å². The highest BCUT2D eigenvalue weighted by molar-refractivity contribution is 5.75. The van der Waals surface area contributed by atoms with Gasteiger partial charge in [0.05, 0.1) is 5.92 Å². The Hall–Kier alpha value is -1.26. The third kappa shape index (κ3) is 3.72. The summed E-state index contributed by atoms with van der Waals surface area (Å²) < 4.78 is 0. The molecule has 0 bridgehead atoms. The topological polar surface area (TPSA) is 78.4 Å². The van der Waals surface area contributed by atoms with Crippen molar-refractivity contribution in [3.8, 4) is 0 Å². The molecule has 1 saturated carbocycles. The van der Waals surface area contributed by atoms with Gasteiger partial charge in [0, 0.05) is 12.1 Å². The number of urea groups is 1. The molecule has 16 heavy (non-hydrogen) atoms. The molecule has 0 aliphatic heterocycles. The van der Waals surface area contributed by atoms with Crippen LogP contribution >= 0.6 is 0 Å². The second-order valence-electron chi connectivity index (χ2n) is 4.47. The van der Waals surface area contributed by atoms with Gasteiger partial charge in [-0.15, -0.1) is 0 Å². The van der Waals surface area contributed by atoms with E-state index in [0.29, 0.717) is 12.8 Å². The predicted octanol–water partition coefficient (Wildman–Crippen LogP) is 1.34. The summed E-state index contributed by atoms with van der Waals surface area (Å²) in [4.78, 5) is 22.2. The fraction of sp³-hybridized carbons (Fsp3) is 0.818. The molecule has 5 nitrogen and oxygen atoms in total. The normalized spacial score (nSPS) is 26.1. The minimum atomic E-state index is -0.758. The molecular formula is C11H20N2O3. The van der Waals surface area contributed by atoms with Crippen LogP contribution < -0.4 is 10.6 Å². The van der Waals surface area contributed by atoms with Crippen LogP contribution in [-0.4, -0.2) is 29.2 Å². The first-order valence-corrected chi connectivity index (χ1v) is 5.82. The summed E-state index contributed by atoms with van der Waals surface area (Å²) in [5.74, 6) is -1.06. The predicted molar refractivity (Wildman–Crippen MR) is 60.2 cm³/mol. The van der Waals surface area contributed by atoms with E-state index in [2.05, 4.69) is 10.6 Å². The zero-order chi connectivity index (χ0) is 12.1. The lowest BCUT2D eigenvalue weighted by atomic mass is 10.1. The van der Waals surface area contributed by atoms with E-state index in [9.17, 15) is 9.59 Å². The van der Waals surface area contributed by atoms with Crippen molar-refractivity contribution in [2.45, 2.75) is 51.6 Å². The first kappa shape index (κ1) is 12.8. The largest absolute Gasteiger partial charge is 0.481 e. The molecule has 1 unspecified atom stereocenters. The molecule has 0 radical (unpaired) electrons. The van der Waals surface area contributed by atoms with Crippen LogP contribution in [-0.2, 0) is 4.79 Å². The van der Waals surface area contributed by atoms with Gasteiger partial charge in [0.1, 0.15) is 0 Å². The number of nitrogens with one attached hydrogen (secondary N) is 2. The third-order valence-electron chi connectivity index (χ3n) is 3.11. The van der Waals surface area contributed by atoms with Gasteiger partial charge in [-0.1, -0.05) is 6.92 Å². The van der Waals surface area contributed by atoms with Gasteiger partial charge in [-0.25, -0.2) is 4.79 Å². The Labute approximate surface area is 95.6 Å². The first-order chi connectivity index (χ1) is 7.52. The molecule has 0 aromatic rings. The molecule has 1 rings (SSSR count). The fourth-order valence-electron chi connectivity index (χ4n) is 1.89. The molecule has 0 heterocycles. The van der Waals surface area contributed by atoms with Gasteiger partial charge in [-0.3, -0.25) is 4.79 Å². The first-order valence-electron chi connectivity index (χ1n) is 5.82. The minimum Gasteiger partial charge on any atom is -0.481 e. The van der Waals surface area contributed by atoms with Crippen molar-refractivity contribution in [1.29, 1.82) is 0 Å². The Morgan fingerprint density at radius 3 is 2.62 bits per heavy atom. The molecule has 3 N–H and O–H groups in total. The van der Waals surface area contributed by atoms with Gasteiger partial charge in [0.2, 0.25) is 0 Å². The molecule has 3 atom stereocenters. The molecule has 0 aromatic heterocycles. The number of rotatable bonds is 4. The van der Waals surface area contributed by atoms with Crippen LogP contribution in [0.15, 0.2) is 0 Å². The monoisotopic (exact) mass is 228 g/mol. The standard InChI is InChI=1S/C11H20N2O3/c1-3-7(2)12-11(16)13-9-5-4-8(6-9)10(14)15/h7-9H,3-6H2,1-2H3,(H,14,15)(H2,12,13,16)/t7?,8-,9+/m1/s1. The van der Waals surface area contributed by atoms with Crippen molar-refractivity contribution < 1.29 is 14.7 Å². The molecule has 92 valence electrons. The molecule has 0 saturated heterocycles. The molecule has 1 fully saturated rings. The lowest BCUT2D eigenvalue weighted by Crippen LogP contribution is -2.44. The number of aliphatic carboxylic acids is 1. The van der Waals surface area contributed by atoms with Crippen LogP contribution in [0.25, 0.3) is 0 Å². The summed E-state index contributed by atoms with van der Waals surface area (Å²) in [6.07, 6.45) is 2.84. The molecular weight excluding hydrogens is 208 g/mol. The van der Waals surface area contributed by atoms with Gasteiger partial charge in [-0.05, 0) is 32.6 Å². The van der Waals surface area contributed by atoms with Crippen LogP contribution in [0.3, 0.4) is 0 Å². The maximum absolute atomic E-state index is 11.5. The smallest absolute Gasteiger partial charge is 0.315 e. The van der Waals surface area contributed by atoms with Gasteiger partial charge in [-0.2, -0.15) is 0 Å². The molecule has 2 amide bonds. The van der Waals surface area contributed by atoms with E-state index in [1.807, 2.05) is 13.8 Å². The second kappa shape index (κ2) is 5.72. The van der Waals surface area contributed by atoms with Crippen molar-refractivity contribution in [3.05, 3.63) is 0 Å². The summed E-state index contributed by atoms with van der Waals surface area (Å²) >= 11 is 0. The number of hydrogen-bond acceptors (Lipinski definition) is 2. The van der Waals surface area contributed by atoms with E-state index in [1.165, 1.54) is 0 Å². The number of carbonyl (C=O) groups excluding carboxylic acids is 1. The van der Waals surface area contributed by atoms with Crippen molar-refractivity contribution >= 4 is 12.0 Å². The lowest BCUT2D eigenvalue weighted by molar-refractivity contribution is -0.141. The van der Waals surface area contributed by atoms with Gasteiger partial charge in [0.15, 0.2) is 0 Å². The number of amides is 2. The minimum absolute atomic E-state index is 0.00477. The Balaban J connectivity index is 2.28. The second-order valence-corrected chi connectivity index (χ2v) is 4.47. The Morgan fingerprint density at radius 2 is 2.12 bits per heavy atom. The van der Waals surface area contributed by atoms with Crippen LogP contribution in [0.4, 0.5) is 4.79 Å². The highest BCUT2D eigenvalue weighted by Gasteiger charge is 2.30. The highest BCUT2D eigenvalue weighted by atomic mass is 16.4. The fourth-order valence-corrected chi connectivity index (χ4v) is 1.89. The third-order valence-corrected chi connectivity index (χ3v) is 3.11. The van der Waals surface area contributed by atoms with Crippen molar-refractivity contribution in [2.75, 3.05) is 0 Å². The average molecular weight is 228 g/mol. The summed E-state index contributed by atoms with van der Waals surface area (Å²) in [5, 5.41) is 14.4. The SMILES string of the molecule is CCC(C)NC(=O)N[C@H]1CC[C@@H](C(=O)O)C1. The highest BCUT2D eigenvalue weighted by Crippen LogP contribution is 2.25. The van der Waals surface area contributed by atoms with E-state index in [1.54, 1.807) is 0 Å². The number of carbonyl (C=O) groups is 2. The molecule has 1 aliphatic rings. The van der Waals surface area contributed by atoms with Crippen molar-refractivity contribution in [3.63, 3.8) is 0 Å². The quantitative estimate of drug-likeness (QED) is 0.679. The maximum Gasteiger partial charge on any atom is 0.315 e. The number of hydrogen-bond donors (Lipinski definition) is 3. The van der Waals surface area contributed by atoms with Gasteiger partial charge >= 0.3 is 12.0 Å². The van der Waals surface area contributed by atoms with E-state index >= 15 is 0 Å². The summed E-state index contributed by atoms with van der Waals surface area (Å²) in [6.45, 7) is 3.94. The van der Waals surface area contributed by atoms with Crippen LogP contribution in [0.5, 0.6) is 0 Å². The van der Waals surface area contributed by atoms with Crippen molar-refractivity contribution in [1.82, 2.24) is 10.6 Å². The molecule has 0 aromatic carbocycles.